The van der Waals surface area contributed by atoms with Gasteiger partial charge in [0.2, 0.25) is 5.24 Å². The third kappa shape index (κ3) is 3.66. The molecule has 0 aliphatic rings. The quantitative estimate of drug-likeness (QED) is 0.758. The summed E-state index contributed by atoms with van der Waals surface area (Å²) in [6.45, 7) is 6.43. The Hall–Kier alpha value is -1.16. The molecule has 0 saturated carbocycles. The third-order valence-corrected chi connectivity index (χ3v) is 2.74. The summed E-state index contributed by atoms with van der Waals surface area (Å²) >= 11 is 5.29. The van der Waals surface area contributed by atoms with Gasteiger partial charge in [-0.1, -0.05) is 13.8 Å². The van der Waals surface area contributed by atoms with Crippen molar-refractivity contribution in [1.82, 2.24) is 9.78 Å². The number of nitrogens with zero attached hydrogens (tertiary/aromatic N) is 2. The number of rotatable bonds is 5. The Balaban J connectivity index is 3.13. The number of carbonyl (C=O) groups excluding carboxylic acids is 1. The molecule has 0 bridgehead atoms. The van der Waals surface area contributed by atoms with Crippen LogP contribution in [0.5, 0.6) is 0 Å². The lowest BCUT2D eigenvalue weighted by molar-refractivity contribution is -0.111. The number of halogens is 1. The normalized spacial score (nSPS) is 10.9. The molecule has 0 unspecified atom stereocenters. The Labute approximate surface area is 106 Å². The predicted octanol–water partition coefficient (Wildman–Crippen LogP) is 2.08. The molecule has 0 aliphatic heterocycles. The largest absolute Gasteiger partial charge is 0.281 e. The van der Waals surface area contributed by atoms with Crippen LogP contribution >= 0.6 is 11.6 Å². The summed E-state index contributed by atoms with van der Waals surface area (Å²) in [5, 5.41) is 3.84. The van der Waals surface area contributed by atoms with Crippen LogP contribution in [-0.4, -0.2) is 15.0 Å². The van der Waals surface area contributed by atoms with E-state index in [0.717, 1.165) is 5.69 Å². The second kappa shape index (κ2) is 5.96. The van der Waals surface area contributed by atoms with Crippen LogP contribution in [0.1, 0.15) is 44.4 Å². The van der Waals surface area contributed by atoms with Crippen molar-refractivity contribution in [2.75, 3.05) is 0 Å². The maximum Gasteiger partial charge on any atom is 0.269 e. The molecular weight excluding hydrogens is 240 g/mol. The fourth-order valence-corrected chi connectivity index (χ4v) is 1.62. The van der Waals surface area contributed by atoms with Crippen molar-refractivity contribution < 1.29 is 4.79 Å². The highest BCUT2D eigenvalue weighted by Crippen LogP contribution is 2.11. The van der Waals surface area contributed by atoms with Crippen LogP contribution in [0.4, 0.5) is 0 Å². The molecular formula is C12H17ClN2O2. The van der Waals surface area contributed by atoms with E-state index in [1.165, 1.54) is 4.68 Å². The van der Waals surface area contributed by atoms with Gasteiger partial charge in [-0.2, -0.15) is 5.10 Å². The summed E-state index contributed by atoms with van der Waals surface area (Å²) < 4.78 is 1.43. The van der Waals surface area contributed by atoms with E-state index >= 15 is 0 Å². The lowest BCUT2D eigenvalue weighted by Gasteiger charge is -2.10. The fourth-order valence-electron chi connectivity index (χ4n) is 1.53. The lowest BCUT2D eigenvalue weighted by atomic mass is 10.1. The van der Waals surface area contributed by atoms with Crippen molar-refractivity contribution in [1.29, 1.82) is 0 Å². The zero-order valence-corrected chi connectivity index (χ0v) is 11.1. The van der Waals surface area contributed by atoms with E-state index < -0.39 is 5.24 Å². The highest BCUT2D eigenvalue weighted by Gasteiger charge is 2.10. The van der Waals surface area contributed by atoms with Gasteiger partial charge in [0.05, 0.1) is 5.69 Å². The Morgan fingerprint density at radius 2 is 2.18 bits per heavy atom. The molecule has 5 heteroatoms. The van der Waals surface area contributed by atoms with E-state index in [1.54, 1.807) is 6.07 Å². The van der Waals surface area contributed by atoms with Crippen LogP contribution < -0.4 is 5.56 Å². The molecule has 0 radical (unpaired) electrons. The summed E-state index contributed by atoms with van der Waals surface area (Å²) in [4.78, 5) is 22.7. The first kappa shape index (κ1) is 13.9. The first-order valence-electron chi connectivity index (χ1n) is 5.75. The molecule has 0 saturated heterocycles. The van der Waals surface area contributed by atoms with Gasteiger partial charge in [-0.05, 0) is 36.9 Å². The zero-order chi connectivity index (χ0) is 13.0. The van der Waals surface area contributed by atoms with Gasteiger partial charge >= 0.3 is 0 Å². The van der Waals surface area contributed by atoms with Crippen molar-refractivity contribution in [3.8, 4) is 0 Å². The predicted molar refractivity (Wildman–Crippen MR) is 67.4 cm³/mol. The number of aryl methyl sites for hydroxylation is 2. The molecule has 4 nitrogen and oxygen atoms in total. The number of hydrogen-bond donors (Lipinski definition) is 0. The van der Waals surface area contributed by atoms with E-state index in [9.17, 15) is 9.59 Å². The molecule has 0 aliphatic carbocycles. The highest BCUT2D eigenvalue weighted by molar-refractivity contribution is 6.63. The minimum Gasteiger partial charge on any atom is -0.281 e. The molecule has 94 valence electrons. The van der Waals surface area contributed by atoms with Gasteiger partial charge in [0.1, 0.15) is 0 Å². The van der Waals surface area contributed by atoms with Crippen molar-refractivity contribution in [2.24, 2.45) is 0 Å². The molecule has 0 N–H and O–H groups in total. The van der Waals surface area contributed by atoms with Crippen LogP contribution in [0, 0.1) is 0 Å². The number of hydrogen-bond acceptors (Lipinski definition) is 3. The zero-order valence-electron chi connectivity index (χ0n) is 10.4. The molecule has 1 rings (SSSR count). The van der Waals surface area contributed by atoms with Crippen LogP contribution in [0.25, 0.3) is 0 Å². The maximum atomic E-state index is 11.9. The Bertz CT molecular complexity index is 466. The van der Waals surface area contributed by atoms with Gasteiger partial charge in [-0.25, -0.2) is 4.68 Å². The highest BCUT2D eigenvalue weighted by atomic mass is 35.5. The van der Waals surface area contributed by atoms with E-state index in [1.807, 2.05) is 20.8 Å². The van der Waals surface area contributed by atoms with Crippen molar-refractivity contribution >= 4 is 16.8 Å². The van der Waals surface area contributed by atoms with Crippen molar-refractivity contribution in [2.45, 2.75) is 46.1 Å². The van der Waals surface area contributed by atoms with Crippen molar-refractivity contribution in [3.63, 3.8) is 0 Å². The second-order valence-corrected chi connectivity index (χ2v) is 4.65. The minimum absolute atomic E-state index is 0.130. The Kier molecular flexibility index (Phi) is 4.87. The second-order valence-electron chi connectivity index (χ2n) is 4.23. The molecule has 1 aromatic rings. The van der Waals surface area contributed by atoms with Gasteiger partial charge in [0, 0.05) is 18.5 Å². The molecule has 17 heavy (non-hydrogen) atoms. The average Bonchev–Trinajstić information content (AvgIpc) is 2.27. The van der Waals surface area contributed by atoms with E-state index in [2.05, 4.69) is 5.10 Å². The minimum atomic E-state index is -0.421. The third-order valence-electron chi connectivity index (χ3n) is 2.55. The van der Waals surface area contributed by atoms with Gasteiger partial charge in [0.25, 0.3) is 5.56 Å². The molecule has 1 heterocycles. The molecule has 0 spiro atoms. The summed E-state index contributed by atoms with van der Waals surface area (Å²) in [5.74, 6) is 0.249. The van der Waals surface area contributed by atoms with Crippen LogP contribution in [0.2, 0.25) is 0 Å². The Morgan fingerprint density at radius 1 is 1.53 bits per heavy atom. The van der Waals surface area contributed by atoms with Crippen LogP contribution in [-0.2, 0) is 17.8 Å². The first-order valence-corrected chi connectivity index (χ1v) is 6.12. The van der Waals surface area contributed by atoms with Crippen LogP contribution in [0.3, 0.4) is 0 Å². The molecule has 0 amide bonds. The first-order chi connectivity index (χ1) is 7.95. The van der Waals surface area contributed by atoms with Gasteiger partial charge in [-0.15, -0.1) is 0 Å². The van der Waals surface area contributed by atoms with Crippen LogP contribution in [0.15, 0.2) is 10.9 Å². The topological polar surface area (TPSA) is 52.0 Å². The molecule has 1 aromatic heterocycles. The average molecular weight is 257 g/mol. The SMILES string of the molecule is CCn1nc(C(C)C)cc(CCC(=O)Cl)c1=O. The summed E-state index contributed by atoms with van der Waals surface area (Å²) in [5.41, 5.74) is 1.35. The molecule has 0 fully saturated rings. The standard InChI is InChI=1S/C12H17ClN2O2/c1-4-15-12(17)9(5-6-11(13)16)7-10(14-15)8(2)3/h7-8H,4-6H2,1-3H3. The maximum absolute atomic E-state index is 11.9. The molecule has 0 atom stereocenters. The molecule has 0 aromatic carbocycles. The van der Waals surface area contributed by atoms with Gasteiger partial charge in [-0.3, -0.25) is 9.59 Å². The van der Waals surface area contributed by atoms with Gasteiger partial charge < -0.3 is 0 Å². The smallest absolute Gasteiger partial charge is 0.269 e. The van der Waals surface area contributed by atoms with Gasteiger partial charge in [0.15, 0.2) is 0 Å². The summed E-state index contributed by atoms with van der Waals surface area (Å²) in [6.07, 6.45) is 0.561. The fraction of sp³-hybridized carbons (Fsp3) is 0.583. The Morgan fingerprint density at radius 3 is 2.65 bits per heavy atom. The lowest BCUT2D eigenvalue weighted by Crippen LogP contribution is -2.27. The summed E-state index contributed by atoms with van der Waals surface area (Å²) in [6, 6.07) is 1.78. The van der Waals surface area contributed by atoms with Crippen molar-refractivity contribution in [3.05, 3.63) is 27.7 Å². The van der Waals surface area contributed by atoms with E-state index in [-0.39, 0.29) is 17.9 Å². The number of aromatic nitrogens is 2. The summed E-state index contributed by atoms with van der Waals surface area (Å²) in [7, 11) is 0. The monoisotopic (exact) mass is 256 g/mol. The van der Waals surface area contributed by atoms with E-state index in [0.29, 0.717) is 18.5 Å². The van der Waals surface area contributed by atoms with E-state index in [4.69, 9.17) is 11.6 Å². The number of carbonyl (C=O) groups is 1.